The van der Waals surface area contributed by atoms with E-state index in [4.69, 9.17) is 9.47 Å². The first-order valence-electron chi connectivity index (χ1n) is 12.0. The minimum Gasteiger partial charge on any atom is -0.507 e. The van der Waals surface area contributed by atoms with Crippen LogP contribution in [0.1, 0.15) is 44.9 Å². The summed E-state index contributed by atoms with van der Waals surface area (Å²) in [6.07, 6.45) is 1.79. The third kappa shape index (κ3) is 5.10. The number of Topliss-reactive ketones (excluding diaryl/α,β-unsaturated/α-hetero) is 1. The molecule has 0 aliphatic carbocycles. The molecular formula is C28H32N2O5. The van der Waals surface area contributed by atoms with Crippen LogP contribution in [-0.4, -0.2) is 52.5 Å². The van der Waals surface area contributed by atoms with Crippen molar-refractivity contribution in [3.8, 4) is 5.75 Å². The molecule has 0 saturated carbocycles. The van der Waals surface area contributed by atoms with E-state index in [0.717, 1.165) is 16.5 Å². The molecule has 1 amide bonds. The molecule has 1 aliphatic heterocycles. The molecule has 4 rings (SSSR count). The second-order valence-electron chi connectivity index (χ2n) is 9.43. The molecule has 7 nitrogen and oxygen atoms in total. The molecule has 184 valence electrons. The average molecular weight is 477 g/mol. The first-order valence-corrected chi connectivity index (χ1v) is 12.0. The first kappa shape index (κ1) is 24.5. The number of nitrogens with zero attached hydrogens (tertiary/aromatic N) is 1. The number of fused-ring (bicyclic) bond motifs is 1. The van der Waals surface area contributed by atoms with Crippen LogP contribution in [0, 0.1) is 5.92 Å². The van der Waals surface area contributed by atoms with Crippen LogP contribution in [0.15, 0.2) is 60.3 Å². The summed E-state index contributed by atoms with van der Waals surface area (Å²) >= 11 is 0. The van der Waals surface area contributed by atoms with E-state index in [1.165, 1.54) is 4.90 Å². The number of aromatic amines is 1. The lowest BCUT2D eigenvalue weighted by Crippen LogP contribution is -2.33. The van der Waals surface area contributed by atoms with Crippen molar-refractivity contribution in [3.63, 3.8) is 0 Å². The molecule has 3 aromatic rings. The smallest absolute Gasteiger partial charge is 0.295 e. The molecule has 1 unspecified atom stereocenters. The normalized spacial score (nSPS) is 17.8. The number of ether oxygens (including phenoxy) is 2. The highest BCUT2D eigenvalue weighted by atomic mass is 16.5. The quantitative estimate of drug-likeness (QED) is 0.256. The van der Waals surface area contributed by atoms with Gasteiger partial charge in [-0.25, -0.2) is 0 Å². The number of para-hydroxylation sites is 1. The van der Waals surface area contributed by atoms with Gasteiger partial charge in [-0.05, 0) is 38.0 Å². The number of benzene rings is 2. The first-order chi connectivity index (χ1) is 16.8. The number of amides is 1. The molecule has 1 atom stereocenters. The fraction of sp³-hybridized carbons (Fsp3) is 0.357. The molecule has 2 N–H and O–H groups in total. The van der Waals surface area contributed by atoms with Gasteiger partial charge in [-0.1, -0.05) is 44.2 Å². The number of rotatable bonds is 9. The highest BCUT2D eigenvalue weighted by Gasteiger charge is 2.46. The second-order valence-corrected chi connectivity index (χ2v) is 9.43. The lowest BCUT2D eigenvalue weighted by molar-refractivity contribution is -0.140. The van der Waals surface area contributed by atoms with Gasteiger partial charge >= 0.3 is 0 Å². The number of aliphatic hydroxyl groups excluding tert-OH is 1. The van der Waals surface area contributed by atoms with Crippen molar-refractivity contribution in [3.05, 3.63) is 71.4 Å². The average Bonchev–Trinajstić information content (AvgIpc) is 3.36. The Morgan fingerprint density at radius 2 is 1.86 bits per heavy atom. The van der Waals surface area contributed by atoms with E-state index in [1.807, 2.05) is 38.1 Å². The summed E-state index contributed by atoms with van der Waals surface area (Å²) in [6, 6.07) is 13.9. The third-order valence-corrected chi connectivity index (χ3v) is 5.93. The number of aromatic nitrogens is 1. The number of hydrogen-bond donors (Lipinski definition) is 2. The van der Waals surface area contributed by atoms with Crippen molar-refractivity contribution in [1.29, 1.82) is 0 Å². The molecule has 2 aromatic carbocycles. The Morgan fingerprint density at radius 3 is 2.60 bits per heavy atom. The summed E-state index contributed by atoms with van der Waals surface area (Å²) in [5.74, 6) is -0.656. The van der Waals surface area contributed by atoms with E-state index in [9.17, 15) is 14.7 Å². The van der Waals surface area contributed by atoms with Gasteiger partial charge < -0.3 is 24.5 Å². The van der Waals surface area contributed by atoms with E-state index in [2.05, 4.69) is 18.8 Å². The molecular weight excluding hydrogens is 444 g/mol. The van der Waals surface area contributed by atoms with Crippen LogP contribution in [0.25, 0.3) is 16.7 Å². The van der Waals surface area contributed by atoms with Gasteiger partial charge in [0.1, 0.15) is 11.5 Å². The fourth-order valence-corrected chi connectivity index (χ4v) is 4.29. The molecule has 1 fully saturated rings. The van der Waals surface area contributed by atoms with Gasteiger partial charge in [-0.3, -0.25) is 9.59 Å². The molecule has 2 heterocycles. The van der Waals surface area contributed by atoms with Crippen LogP contribution in [0.5, 0.6) is 5.75 Å². The fourth-order valence-electron chi connectivity index (χ4n) is 4.29. The summed E-state index contributed by atoms with van der Waals surface area (Å²) in [4.78, 5) is 31.1. The van der Waals surface area contributed by atoms with Crippen LogP contribution >= 0.6 is 0 Å². The Bertz CT molecular complexity index is 1260. The zero-order valence-corrected chi connectivity index (χ0v) is 20.6. The minimum absolute atomic E-state index is 0.00746. The number of carbonyl (C=O) groups excluding carboxylic acids is 2. The Labute approximate surface area is 205 Å². The van der Waals surface area contributed by atoms with Gasteiger partial charge in [0, 0.05) is 34.8 Å². The van der Waals surface area contributed by atoms with Crippen molar-refractivity contribution >= 4 is 28.4 Å². The zero-order valence-electron chi connectivity index (χ0n) is 20.6. The summed E-state index contributed by atoms with van der Waals surface area (Å²) in [7, 11) is 0. The number of likely N-dealkylation sites (tertiary alicyclic amines) is 1. The SMILES string of the molecule is CC(C)COc1cccc(/C(O)=C2\C(=O)C(=O)N(CCOC(C)C)C2c2c[nH]c3ccccc23)c1. The number of hydrogen-bond acceptors (Lipinski definition) is 5. The van der Waals surface area contributed by atoms with Crippen molar-refractivity contribution in [2.45, 2.75) is 39.8 Å². The standard InChI is InChI=1S/C28H32N2O5/c1-17(2)16-35-20-9-7-8-19(14-20)26(31)24-25(22-15-29-23-11-6-5-10-21(22)23)30(28(33)27(24)32)12-13-34-18(3)4/h5-11,14-15,17-18,25,29,31H,12-13,16H2,1-4H3/b26-24+. The number of nitrogens with one attached hydrogen (secondary N) is 1. The van der Waals surface area contributed by atoms with E-state index in [1.54, 1.807) is 30.5 Å². The molecule has 35 heavy (non-hydrogen) atoms. The Balaban J connectivity index is 1.80. The summed E-state index contributed by atoms with van der Waals surface area (Å²) in [5, 5.41) is 12.2. The van der Waals surface area contributed by atoms with Gasteiger partial charge in [0.2, 0.25) is 0 Å². The number of carbonyl (C=O) groups is 2. The molecule has 1 aliphatic rings. The van der Waals surface area contributed by atoms with Crippen LogP contribution in [-0.2, 0) is 14.3 Å². The Morgan fingerprint density at radius 1 is 1.09 bits per heavy atom. The van der Waals surface area contributed by atoms with Crippen molar-refractivity contribution < 1.29 is 24.2 Å². The lowest BCUT2D eigenvalue weighted by Gasteiger charge is -2.25. The van der Waals surface area contributed by atoms with Gasteiger partial charge in [-0.15, -0.1) is 0 Å². The van der Waals surface area contributed by atoms with Gasteiger partial charge in [-0.2, -0.15) is 0 Å². The summed E-state index contributed by atoms with van der Waals surface area (Å²) in [6.45, 7) is 8.97. The monoisotopic (exact) mass is 476 g/mol. The Hall–Kier alpha value is -3.58. The van der Waals surface area contributed by atoms with Crippen LogP contribution in [0.4, 0.5) is 0 Å². The van der Waals surface area contributed by atoms with E-state index >= 15 is 0 Å². The van der Waals surface area contributed by atoms with E-state index in [-0.39, 0.29) is 30.6 Å². The summed E-state index contributed by atoms with van der Waals surface area (Å²) < 4.78 is 11.5. The predicted molar refractivity (Wildman–Crippen MR) is 135 cm³/mol. The maximum Gasteiger partial charge on any atom is 0.295 e. The maximum atomic E-state index is 13.3. The minimum atomic E-state index is -0.748. The number of H-pyrrole nitrogens is 1. The van der Waals surface area contributed by atoms with Gasteiger partial charge in [0.15, 0.2) is 0 Å². The molecule has 1 saturated heterocycles. The lowest BCUT2D eigenvalue weighted by atomic mass is 9.95. The van der Waals surface area contributed by atoms with Crippen molar-refractivity contribution in [2.24, 2.45) is 5.92 Å². The van der Waals surface area contributed by atoms with Gasteiger partial charge in [0.25, 0.3) is 11.7 Å². The zero-order chi connectivity index (χ0) is 25.1. The predicted octanol–water partition coefficient (Wildman–Crippen LogP) is 5.05. The number of aliphatic hydroxyl groups is 1. The largest absolute Gasteiger partial charge is 0.507 e. The van der Waals surface area contributed by atoms with Crippen molar-refractivity contribution in [2.75, 3.05) is 19.8 Å². The highest BCUT2D eigenvalue weighted by molar-refractivity contribution is 6.46. The number of ketones is 1. The van der Waals surface area contributed by atoms with Crippen LogP contribution in [0.3, 0.4) is 0 Å². The third-order valence-electron chi connectivity index (χ3n) is 5.93. The molecule has 0 bridgehead atoms. The molecule has 7 heteroatoms. The topological polar surface area (TPSA) is 91.9 Å². The Kier molecular flexibility index (Phi) is 7.26. The molecule has 1 aromatic heterocycles. The van der Waals surface area contributed by atoms with E-state index in [0.29, 0.717) is 23.8 Å². The molecule has 0 radical (unpaired) electrons. The maximum absolute atomic E-state index is 13.3. The van der Waals surface area contributed by atoms with Crippen LogP contribution in [0.2, 0.25) is 0 Å². The summed E-state index contributed by atoms with van der Waals surface area (Å²) in [5.41, 5.74) is 2.12. The molecule has 0 spiro atoms. The van der Waals surface area contributed by atoms with Crippen LogP contribution < -0.4 is 4.74 Å². The highest BCUT2D eigenvalue weighted by Crippen LogP contribution is 2.42. The second kappa shape index (κ2) is 10.4. The van der Waals surface area contributed by atoms with Gasteiger partial charge in [0.05, 0.1) is 30.9 Å². The van der Waals surface area contributed by atoms with E-state index < -0.39 is 17.7 Å². The van der Waals surface area contributed by atoms with Crippen molar-refractivity contribution in [1.82, 2.24) is 9.88 Å².